The minimum absolute atomic E-state index is 0.154. The number of carbonyl (C=O) groups excluding carboxylic acids is 1. The summed E-state index contributed by atoms with van der Waals surface area (Å²) in [6.45, 7) is 0. The van der Waals surface area contributed by atoms with E-state index in [2.05, 4.69) is 0 Å². The molecule has 3 aromatic rings. The first-order valence-corrected chi connectivity index (χ1v) is 14.4. The van der Waals surface area contributed by atoms with E-state index in [0.717, 1.165) is 8.92 Å². The molecule has 0 saturated carbocycles. The predicted molar refractivity (Wildman–Crippen MR) is 125 cm³/mol. The molecular weight excluding hydrogens is 504 g/mol. The summed E-state index contributed by atoms with van der Waals surface area (Å²) in [5.41, 5.74) is 0.451. The van der Waals surface area contributed by atoms with Crippen LogP contribution in [-0.2, 0) is 8.98 Å². The van der Waals surface area contributed by atoms with Gasteiger partial charge >= 0.3 is 191 Å². The molecule has 0 aliphatic rings. The molecule has 168 valence electrons. The van der Waals surface area contributed by atoms with Gasteiger partial charge in [0.25, 0.3) is 0 Å². The number of carbonyl (C=O) groups is 1. The van der Waals surface area contributed by atoms with Crippen molar-refractivity contribution in [3.05, 3.63) is 100 Å². The van der Waals surface area contributed by atoms with Gasteiger partial charge in [0, 0.05) is 0 Å². The van der Waals surface area contributed by atoms with Gasteiger partial charge in [-0.3, -0.25) is 0 Å². The van der Waals surface area contributed by atoms with Gasteiger partial charge in [-0.1, -0.05) is 0 Å². The van der Waals surface area contributed by atoms with Crippen molar-refractivity contribution in [2.24, 2.45) is 0 Å². The molecule has 1 N–H and O–H groups in total. The fourth-order valence-electron chi connectivity index (χ4n) is 2.98. The molecule has 0 heterocycles. The molecule has 3 aromatic carbocycles. The number of aliphatic hydroxyl groups excluding tert-OH is 1. The van der Waals surface area contributed by atoms with Crippen LogP contribution in [-0.4, -0.2) is 43.7 Å². The van der Waals surface area contributed by atoms with Crippen LogP contribution in [0.5, 0.6) is 0 Å². The summed E-state index contributed by atoms with van der Waals surface area (Å²) < 4.78 is 46.4. The Morgan fingerprint density at radius 3 is 1.62 bits per heavy atom. The fraction of sp³-hybridized carbons (Fsp3) is 0.125. The van der Waals surface area contributed by atoms with Gasteiger partial charge in [0.15, 0.2) is 0 Å². The van der Waals surface area contributed by atoms with Crippen LogP contribution in [0.4, 0.5) is 13.2 Å². The average Bonchev–Trinajstić information content (AvgIpc) is 2.77. The molecule has 0 unspecified atom stereocenters. The molecule has 0 radical (unpaired) electrons. The second-order valence-electron chi connectivity index (χ2n) is 7.04. The van der Waals surface area contributed by atoms with Crippen LogP contribution in [0.3, 0.4) is 0 Å². The Labute approximate surface area is 191 Å². The van der Waals surface area contributed by atoms with E-state index in [9.17, 15) is 23.1 Å². The summed E-state index contributed by atoms with van der Waals surface area (Å²) in [6.07, 6.45) is -2.20. The zero-order valence-electron chi connectivity index (χ0n) is 17.4. The van der Waals surface area contributed by atoms with E-state index in [-0.39, 0.29) is 5.76 Å². The third-order valence-corrected chi connectivity index (χ3v) is 13.7. The average molecular weight is 526 g/mol. The quantitative estimate of drug-likeness (QED) is 0.369. The van der Waals surface area contributed by atoms with Crippen molar-refractivity contribution in [3.63, 3.8) is 0 Å². The standard InChI is InChI=1S/C24H21F3O3SSe/c1-31(2,30-23(29)24(25,26)27)22(21(28)18-12-6-3-7-13-18)32(19-14-8-4-9-15-19)20-16-10-5-11-17-20/h3-17H,1-2H3/p+1/b22-21+. The van der Waals surface area contributed by atoms with Crippen molar-refractivity contribution in [1.82, 2.24) is 0 Å². The van der Waals surface area contributed by atoms with Crippen molar-refractivity contribution < 1.29 is 27.3 Å². The Bertz CT molecular complexity index is 1050. The Morgan fingerprint density at radius 2 is 1.22 bits per heavy atom. The van der Waals surface area contributed by atoms with Crippen LogP contribution >= 0.6 is 10.3 Å². The minimum atomic E-state index is -5.13. The Kier molecular flexibility index (Phi) is 7.39. The Hall–Kier alpha value is -2.67. The number of hydrogen-bond acceptors (Lipinski definition) is 3. The van der Waals surface area contributed by atoms with Crippen molar-refractivity contribution in [3.8, 4) is 0 Å². The maximum atomic E-state index is 13.1. The summed E-state index contributed by atoms with van der Waals surface area (Å²) >= 11 is -2.32. The van der Waals surface area contributed by atoms with Gasteiger partial charge in [0.1, 0.15) is 0 Å². The molecule has 3 nitrogen and oxygen atoms in total. The molecule has 0 bridgehead atoms. The van der Waals surface area contributed by atoms with Gasteiger partial charge in [-0.2, -0.15) is 0 Å². The second-order valence-corrected chi connectivity index (χ2v) is 14.8. The molecular formula is C24H22F3O3SSe+. The van der Waals surface area contributed by atoms with Crippen LogP contribution in [0.1, 0.15) is 5.56 Å². The van der Waals surface area contributed by atoms with Gasteiger partial charge < -0.3 is 0 Å². The number of aliphatic hydroxyl groups is 1. The monoisotopic (exact) mass is 527 g/mol. The number of alkyl halides is 3. The molecule has 32 heavy (non-hydrogen) atoms. The van der Waals surface area contributed by atoms with Crippen molar-refractivity contribution in [2.75, 3.05) is 12.5 Å². The molecule has 0 aliphatic carbocycles. The zero-order chi connectivity index (χ0) is 23.4. The van der Waals surface area contributed by atoms with E-state index in [0.29, 0.717) is 9.37 Å². The third kappa shape index (κ3) is 5.57. The molecule has 3 rings (SSSR count). The van der Waals surface area contributed by atoms with Crippen LogP contribution < -0.4 is 8.92 Å². The molecule has 0 aliphatic heterocycles. The zero-order valence-corrected chi connectivity index (χ0v) is 19.9. The van der Waals surface area contributed by atoms with Crippen molar-refractivity contribution in [2.45, 2.75) is 6.18 Å². The number of halogens is 3. The number of hydrogen-bond donors (Lipinski definition) is 1. The van der Waals surface area contributed by atoms with Gasteiger partial charge in [-0.05, 0) is 0 Å². The summed E-state index contributed by atoms with van der Waals surface area (Å²) in [5.74, 6) is -2.42. The maximum absolute atomic E-state index is 13.1. The Morgan fingerprint density at radius 1 is 0.812 bits per heavy atom. The van der Waals surface area contributed by atoms with E-state index in [4.69, 9.17) is 4.18 Å². The van der Waals surface area contributed by atoms with Crippen LogP contribution in [0.2, 0.25) is 0 Å². The van der Waals surface area contributed by atoms with E-state index < -0.39 is 36.4 Å². The molecule has 0 atom stereocenters. The van der Waals surface area contributed by atoms with Crippen LogP contribution in [0.25, 0.3) is 5.76 Å². The topological polar surface area (TPSA) is 46.5 Å². The van der Waals surface area contributed by atoms with Gasteiger partial charge in [0.05, 0.1) is 0 Å². The van der Waals surface area contributed by atoms with E-state index >= 15 is 0 Å². The molecule has 0 fully saturated rings. The predicted octanol–water partition coefficient (Wildman–Crippen LogP) is 4.85. The molecule has 8 heteroatoms. The van der Waals surface area contributed by atoms with E-state index in [1.165, 1.54) is 12.5 Å². The third-order valence-electron chi connectivity index (χ3n) is 4.35. The molecule has 0 spiro atoms. The first kappa shape index (κ1) is 24.0. The summed E-state index contributed by atoms with van der Waals surface area (Å²) in [6, 6.07) is 27.2. The van der Waals surface area contributed by atoms with Gasteiger partial charge in [0.2, 0.25) is 0 Å². The van der Waals surface area contributed by atoms with Crippen molar-refractivity contribution >= 4 is 44.9 Å². The van der Waals surface area contributed by atoms with Crippen molar-refractivity contribution in [1.29, 1.82) is 0 Å². The van der Waals surface area contributed by atoms with Crippen LogP contribution in [0.15, 0.2) is 94.8 Å². The SMILES string of the molecule is CS(C)(OC(=O)C(F)(F)F)/C(=C(\O)c1ccccc1)[Se+](c1ccccc1)c1ccccc1. The molecule has 0 aromatic heterocycles. The summed E-state index contributed by atoms with van der Waals surface area (Å²) in [4.78, 5) is 11.8. The summed E-state index contributed by atoms with van der Waals surface area (Å²) in [5, 5.41) is 11.4. The summed E-state index contributed by atoms with van der Waals surface area (Å²) in [7, 11) is -2.83. The molecule has 0 saturated heterocycles. The van der Waals surface area contributed by atoms with Gasteiger partial charge in [-0.25, -0.2) is 0 Å². The number of rotatable bonds is 6. The first-order valence-electron chi connectivity index (χ1n) is 9.48. The second kappa shape index (κ2) is 9.86. The van der Waals surface area contributed by atoms with E-state index in [1.807, 2.05) is 60.7 Å². The molecule has 0 amide bonds. The normalized spacial score (nSPS) is 13.4. The number of benzene rings is 3. The van der Waals surface area contributed by atoms with Crippen LogP contribution in [0, 0.1) is 0 Å². The fourth-order valence-corrected chi connectivity index (χ4v) is 12.2. The Balaban J connectivity index is 2.28. The van der Waals surface area contributed by atoms with Gasteiger partial charge in [-0.15, -0.1) is 0 Å². The van der Waals surface area contributed by atoms with E-state index in [1.54, 1.807) is 30.3 Å². The first-order chi connectivity index (χ1) is 15.1.